The number of rotatable bonds is 4. The number of nitrogens with one attached hydrogen (secondary N) is 1. The standard InChI is InChI=1S/C16H12Cl3NO/c17-16(18,19)15(21)11-14(12-7-3-1-4-8-12)20-13-9-5-2-6-10-13/h1-11,20H. The Morgan fingerprint density at radius 3 is 1.95 bits per heavy atom. The Labute approximate surface area is 138 Å². The van der Waals surface area contributed by atoms with Gasteiger partial charge >= 0.3 is 0 Å². The fourth-order valence-corrected chi connectivity index (χ4v) is 1.86. The smallest absolute Gasteiger partial charge is 0.252 e. The second kappa shape index (κ2) is 6.99. The van der Waals surface area contributed by atoms with Crippen LogP contribution in [0.1, 0.15) is 5.56 Å². The van der Waals surface area contributed by atoms with Crippen molar-refractivity contribution in [1.82, 2.24) is 0 Å². The highest BCUT2D eigenvalue weighted by Crippen LogP contribution is 2.29. The maximum Gasteiger partial charge on any atom is 0.252 e. The van der Waals surface area contributed by atoms with Crippen LogP contribution >= 0.6 is 34.8 Å². The maximum absolute atomic E-state index is 11.9. The average Bonchev–Trinajstić information content (AvgIpc) is 2.47. The molecular formula is C16H12Cl3NO. The fraction of sp³-hybridized carbons (Fsp3) is 0.0625. The van der Waals surface area contributed by atoms with Crippen molar-refractivity contribution in [2.75, 3.05) is 5.32 Å². The van der Waals surface area contributed by atoms with Crippen molar-refractivity contribution in [3.05, 3.63) is 72.3 Å². The van der Waals surface area contributed by atoms with E-state index in [1.807, 2.05) is 60.7 Å². The van der Waals surface area contributed by atoms with Crippen molar-refractivity contribution >= 4 is 52.0 Å². The van der Waals surface area contributed by atoms with Crippen LogP contribution < -0.4 is 5.32 Å². The number of ketones is 1. The zero-order valence-corrected chi connectivity index (χ0v) is 13.2. The normalized spacial score (nSPS) is 12.0. The third-order valence-electron chi connectivity index (χ3n) is 2.69. The third-order valence-corrected chi connectivity index (χ3v) is 3.25. The van der Waals surface area contributed by atoms with Gasteiger partial charge in [-0.1, -0.05) is 83.3 Å². The lowest BCUT2D eigenvalue weighted by Gasteiger charge is -2.13. The molecule has 0 heterocycles. The van der Waals surface area contributed by atoms with E-state index in [0.717, 1.165) is 11.3 Å². The van der Waals surface area contributed by atoms with Crippen LogP contribution in [-0.4, -0.2) is 9.58 Å². The lowest BCUT2D eigenvalue weighted by atomic mass is 10.1. The quantitative estimate of drug-likeness (QED) is 0.621. The zero-order valence-electron chi connectivity index (χ0n) is 10.9. The summed E-state index contributed by atoms with van der Waals surface area (Å²) in [6.07, 6.45) is 1.30. The molecule has 0 aliphatic carbocycles. The number of para-hydroxylation sites is 1. The van der Waals surface area contributed by atoms with Gasteiger partial charge in [0.1, 0.15) is 0 Å². The Hall–Kier alpha value is -1.48. The third kappa shape index (κ3) is 4.78. The van der Waals surface area contributed by atoms with Gasteiger partial charge in [-0.3, -0.25) is 4.79 Å². The van der Waals surface area contributed by atoms with E-state index in [1.165, 1.54) is 6.08 Å². The highest BCUT2D eigenvalue weighted by atomic mass is 35.6. The summed E-state index contributed by atoms with van der Waals surface area (Å²) in [5.41, 5.74) is 2.23. The molecule has 0 saturated carbocycles. The number of halogens is 3. The number of alkyl halides is 3. The molecule has 0 radical (unpaired) electrons. The number of carbonyl (C=O) groups is 1. The van der Waals surface area contributed by atoms with Crippen molar-refractivity contribution in [2.45, 2.75) is 3.79 Å². The monoisotopic (exact) mass is 339 g/mol. The molecule has 0 bridgehead atoms. The molecule has 0 spiro atoms. The number of anilines is 1. The highest BCUT2D eigenvalue weighted by Gasteiger charge is 2.29. The number of hydrogen-bond acceptors (Lipinski definition) is 2. The lowest BCUT2D eigenvalue weighted by molar-refractivity contribution is -0.113. The fourth-order valence-electron chi connectivity index (χ4n) is 1.70. The van der Waals surface area contributed by atoms with Crippen LogP contribution in [0.25, 0.3) is 5.70 Å². The summed E-state index contributed by atoms with van der Waals surface area (Å²) in [6, 6.07) is 18.8. The van der Waals surface area contributed by atoms with Gasteiger partial charge in [0.05, 0.1) is 0 Å². The van der Waals surface area contributed by atoms with E-state index in [4.69, 9.17) is 34.8 Å². The predicted molar refractivity (Wildman–Crippen MR) is 89.8 cm³/mol. The van der Waals surface area contributed by atoms with Crippen molar-refractivity contribution < 1.29 is 4.79 Å². The molecule has 0 unspecified atom stereocenters. The van der Waals surface area contributed by atoms with Gasteiger partial charge in [-0.15, -0.1) is 0 Å². The molecule has 0 aromatic heterocycles. The van der Waals surface area contributed by atoms with Gasteiger partial charge in [-0.25, -0.2) is 0 Å². The molecule has 2 nitrogen and oxygen atoms in total. The summed E-state index contributed by atoms with van der Waals surface area (Å²) in [5, 5.41) is 3.16. The summed E-state index contributed by atoms with van der Waals surface area (Å²) in [7, 11) is 0. The Kier molecular flexibility index (Phi) is 5.29. The van der Waals surface area contributed by atoms with Crippen LogP contribution in [0.4, 0.5) is 5.69 Å². The summed E-state index contributed by atoms with van der Waals surface area (Å²) < 4.78 is -1.97. The number of allylic oxidation sites excluding steroid dienone is 1. The average molecular weight is 341 g/mol. The van der Waals surface area contributed by atoms with Crippen LogP contribution in [-0.2, 0) is 4.79 Å². The summed E-state index contributed by atoms with van der Waals surface area (Å²) in [4.78, 5) is 11.9. The molecule has 0 amide bonds. The van der Waals surface area contributed by atoms with E-state index >= 15 is 0 Å². The largest absolute Gasteiger partial charge is 0.355 e. The minimum absolute atomic E-state index is 0.568. The zero-order chi connectivity index (χ0) is 15.3. The van der Waals surface area contributed by atoms with Crippen molar-refractivity contribution in [3.63, 3.8) is 0 Å². The molecule has 2 rings (SSSR count). The predicted octanol–water partition coefficient (Wildman–Crippen LogP) is 5.08. The van der Waals surface area contributed by atoms with E-state index in [-0.39, 0.29) is 0 Å². The van der Waals surface area contributed by atoms with Crippen LogP contribution in [0.5, 0.6) is 0 Å². The molecule has 21 heavy (non-hydrogen) atoms. The molecule has 0 atom stereocenters. The SMILES string of the molecule is O=C(C=C(Nc1ccccc1)c1ccccc1)C(Cl)(Cl)Cl. The van der Waals surface area contributed by atoms with Crippen molar-refractivity contribution in [2.24, 2.45) is 0 Å². The molecule has 2 aromatic rings. The summed E-state index contributed by atoms with van der Waals surface area (Å²) in [5.74, 6) is -0.602. The Morgan fingerprint density at radius 2 is 1.43 bits per heavy atom. The molecule has 0 fully saturated rings. The minimum atomic E-state index is -1.97. The molecule has 5 heteroatoms. The first-order chi connectivity index (χ1) is 9.97. The molecule has 1 N–H and O–H groups in total. The molecule has 0 aliphatic rings. The number of benzene rings is 2. The van der Waals surface area contributed by atoms with Crippen LogP contribution in [0.3, 0.4) is 0 Å². The minimum Gasteiger partial charge on any atom is -0.355 e. The van der Waals surface area contributed by atoms with Crippen LogP contribution in [0, 0.1) is 0 Å². The van der Waals surface area contributed by atoms with Crippen LogP contribution in [0.2, 0.25) is 0 Å². The van der Waals surface area contributed by atoms with Gasteiger partial charge in [-0.2, -0.15) is 0 Å². The van der Waals surface area contributed by atoms with E-state index < -0.39 is 9.58 Å². The number of carbonyl (C=O) groups excluding carboxylic acids is 1. The summed E-state index contributed by atoms with van der Waals surface area (Å²) in [6.45, 7) is 0. The highest BCUT2D eigenvalue weighted by molar-refractivity contribution is 6.77. The van der Waals surface area contributed by atoms with Crippen LogP contribution in [0.15, 0.2) is 66.7 Å². The molecule has 0 aliphatic heterocycles. The molecule has 2 aromatic carbocycles. The second-order valence-electron chi connectivity index (χ2n) is 4.28. The van der Waals surface area contributed by atoms with Gasteiger partial charge in [0.15, 0.2) is 0 Å². The Balaban J connectivity index is 2.36. The van der Waals surface area contributed by atoms with Gasteiger partial charge in [-0.05, 0) is 17.7 Å². The first kappa shape index (κ1) is 15.9. The lowest BCUT2D eigenvalue weighted by Crippen LogP contribution is -2.17. The first-order valence-electron chi connectivity index (χ1n) is 6.17. The maximum atomic E-state index is 11.9. The van der Waals surface area contributed by atoms with E-state index in [1.54, 1.807) is 0 Å². The van der Waals surface area contributed by atoms with Gasteiger partial charge < -0.3 is 5.32 Å². The molecule has 108 valence electrons. The van der Waals surface area contributed by atoms with E-state index in [0.29, 0.717) is 5.70 Å². The Morgan fingerprint density at radius 1 is 0.905 bits per heavy atom. The number of hydrogen-bond donors (Lipinski definition) is 1. The topological polar surface area (TPSA) is 29.1 Å². The van der Waals surface area contributed by atoms with E-state index in [9.17, 15) is 4.79 Å². The second-order valence-corrected chi connectivity index (χ2v) is 6.56. The van der Waals surface area contributed by atoms with E-state index in [2.05, 4.69) is 5.32 Å². The van der Waals surface area contributed by atoms with Crippen molar-refractivity contribution in [1.29, 1.82) is 0 Å². The van der Waals surface area contributed by atoms with Gasteiger partial charge in [0.2, 0.25) is 5.78 Å². The first-order valence-corrected chi connectivity index (χ1v) is 7.30. The Bertz CT molecular complexity index is 634. The van der Waals surface area contributed by atoms with Gasteiger partial charge in [0, 0.05) is 17.5 Å². The summed E-state index contributed by atoms with van der Waals surface area (Å²) >= 11 is 16.9. The molecule has 0 saturated heterocycles. The van der Waals surface area contributed by atoms with Gasteiger partial charge in [0.25, 0.3) is 3.79 Å². The van der Waals surface area contributed by atoms with Crippen molar-refractivity contribution in [3.8, 4) is 0 Å². The molecular weight excluding hydrogens is 329 g/mol.